The van der Waals surface area contributed by atoms with E-state index in [2.05, 4.69) is 63.0 Å². The van der Waals surface area contributed by atoms with Gasteiger partial charge in [0.1, 0.15) is 5.60 Å². The average molecular weight is 485 g/mol. The Morgan fingerprint density at radius 3 is 2.09 bits per heavy atom. The molecule has 0 aliphatic carbocycles. The highest BCUT2D eigenvalue weighted by Crippen LogP contribution is 2.47. The van der Waals surface area contributed by atoms with E-state index in [1.807, 2.05) is 24.5 Å². The average Bonchev–Trinajstić information content (AvgIpc) is 3.07. The molecule has 2 aromatic carbocycles. The van der Waals surface area contributed by atoms with Crippen molar-refractivity contribution in [2.24, 2.45) is 4.99 Å². The van der Waals surface area contributed by atoms with Crippen molar-refractivity contribution in [1.29, 1.82) is 0 Å². The summed E-state index contributed by atoms with van der Waals surface area (Å²) in [6.45, 7) is 8.65. The molecule has 2 aliphatic heterocycles. The van der Waals surface area contributed by atoms with E-state index in [4.69, 9.17) is 14.5 Å². The summed E-state index contributed by atoms with van der Waals surface area (Å²) in [6.07, 6.45) is 5.37. The molecule has 0 N–H and O–H groups in total. The fourth-order valence-electron chi connectivity index (χ4n) is 4.79. The van der Waals surface area contributed by atoms with Crippen molar-refractivity contribution in [3.63, 3.8) is 0 Å². The van der Waals surface area contributed by atoms with Gasteiger partial charge in [0.05, 0.1) is 18.4 Å². The van der Waals surface area contributed by atoms with Gasteiger partial charge in [-0.05, 0) is 69.0 Å². The molecule has 0 spiro atoms. The molecule has 0 bridgehead atoms. The normalized spacial score (nSPS) is 16.8. The molecule has 0 amide bonds. The number of aliphatic imine (C=N–C) groups is 1. The summed E-state index contributed by atoms with van der Waals surface area (Å²) in [5.74, 6) is 1.69. The van der Waals surface area contributed by atoms with E-state index in [1.165, 1.54) is 22.3 Å². The third-order valence-electron chi connectivity index (χ3n) is 6.07. The Kier molecular flexibility index (Phi) is 6.84. The molecule has 33 heavy (non-hydrogen) atoms. The minimum atomic E-state index is -0.256. The Morgan fingerprint density at radius 2 is 1.45 bits per heavy atom. The Labute approximate surface area is 208 Å². The van der Waals surface area contributed by atoms with Crippen molar-refractivity contribution in [3.8, 4) is 22.6 Å². The number of ether oxygens (including phenoxy) is 2. The number of hydrogen-bond donors (Lipinski definition) is 0. The van der Waals surface area contributed by atoms with E-state index >= 15 is 0 Å². The molecule has 0 saturated heterocycles. The first kappa shape index (κ1) is 25.1. The van der Waals surface area contributed by atoms with Gasteiger partial charge in [0.15, 0.2) is 11.5 Å². The van der Waals surface area contributed by atoms with Crippen molar-refractivity contribution in [3.05, 3.63) is 77.1 Å². The summed E-state index contributed by atoms with van der Waals surface area (Å²) in [5.41, 5.74) is 7.79. The van der Waals surface area contributed by atoms with Crippen molar-refractivity contribution in [2.45, 2.75) is 51.7 Å². The molecule has 0 radical (unpaired) electrons. The summed E-state index contributed by atoms with van der Waals surface area (Å²) < 4.78 is 12.0. The zero-order valence-electron chi connectivity index (χ0n) is 19.6. The number of hydrogen-bond acceptors (Lipinski definition) is 4. The number of nitrogens with zero attached hydrogens (tertiary/aromatic N) is 2. The molecule has 0 atom stereocenters. The van der Waals surface area contributed by atoms with Gasteiger partial charge in [-0.2, -0.15) is 0 Å². The number of benzene rings is 2. The van der Waals surface area contributed by atoms with Gasteiger partial charge >= 0.3 is 0 Å². The molecule has 174 valence electrons. The highest BCUT2D eigenvalue weighted by molar-refractivity contribution is 6.16. The second kappa shape index (κ2) is 9.00. The monoisotopic (exact) mass is 484 g/mol. The van der Waals surface area contributed by atoms with Gasteiger partial charge in [-0.3, -0.25) is 9.98 Å². The van der Waals surface area contributed by atoms with Gasteiger partial charge in [0, 0.05) is 35.5 Å². The van der Waals surface area contributed by atoms with Crippen LogP contribution >= 0.6 is 24.8 Å². The van der Waals surface area contributed by atoms with Gasteiger partial charge in [-0.25, -0.2) is 0 Å². The standard InChI is InChI=1S/C27H28N2O2.2ClH/c1-26(2)15-20-14-22(30-5)25-21(16-27(3,4)31-25)23(20)24(29-26)19-8-6-17(7-9-19)18-10-12-28-13-11-18;;/h6-14H,15-16H2,1-5H3;2*1H. The van der Waals surface area contributed by atoms with Gasteiger partial charge in [-0.15, -0.1) is 24.8 Å². The number of aromatic nitrogens is 1. The first-order valence-electron chi connectivity index (χ1n) is 10.8. The summed E-state index contributed by atoms with van der Waals surface area (Å²) >= 11 is 0. The minimum Gasteiger partial charge on any atom is -0.493 e. The lowest BCUT2D eigenvalue weighted by Crippen LogP contribution is -2.30. The molecular weight excluding hydrogens is 455 g/mol. The third kappa shape index (κ3) is 4.60. The van der Waals surface area contributed by atoms with Gasteiger partial charge in [0.2, 0.25) is 0 Å². The molecule has 4 nitrogen and oxygen atoms in total. The predicted molar refractivity (Wildman–Crippen MR) is 139 cm³/mol. The van der Waals surface area contributed by atoms with E-state index in [0.29, 0.717) is 0 Å². The smallest absolute Gasteiger partial charge is 0.166 e. The van der Waals surface area contributed by atoms with Crippen LogP contribution in [0.2, 0.25) is 0 Å². The van der Waals surface area contributed by atoms with E-state index in [-0.39, 0.29) is 36.0 Å². The predicted octanol–water partition coefficient (Wildman–Crippen LogP) is 6.49. The van der Waals surface area contributed by atoms with E-state index < -0.39 is 0 Å². The van der Waals surface area contributed by atoms with E-state index in [1.54, 1.807) is 7.11 Å². The molecule has 5 rings (SSSR count). The van der Waals surface area contributed by atoms with Crippen LogP contribution in [0, 0.1) is 0 Å². The summed E-state index contributed by atoms with van der Waals surface area (Å²) in [6, 6.07) is 14.9. The molecule has 2 aliphatic rings. The first-order chi connectivity index (χ1) is 14.8. The number of halogens is 2. The lowest BCUT2D eigenvalue weighted by molar-refractivity contribution is 0.134. The maximum atomic E-state index is 6.31. The van der Waals surface area contributed by atoms with Crippen LogP contribution in [0.4, 0.5) is 0 Å². The van der Waals surface area contributed by atoms with Crippen LogP contribution in [0.15, 0.2) is 59.9 Å². The summed E-state index contributed by atoms with van der Waals surface area (Å²) in [4.78, 5) is 9.34. The molecule has 3 aromatic rings. The van der Waals surface area contributed by atoms with Crippen LogP contribution in [-0.2, 0) is 12.8 Å². The summed E-state index contributed by atoms with van der Waals surface area (Å²) in [7, 11) is 1.72. The number of pyridine rings is 1. The third-order valence-corrected chi connectivity index (χ3v) is 6.07. The second-order valence-electron chi connectivity index (χ2n) is 9.72. The molecule has 0 unspecified atom stereocenters. The Bertz CT molecular complexity index is 1190. The van der Waals surface area contributed by atoms with Gasteiger partial charge < -0.3 is 9.47 Å². The van der Waals surface area contributed by atoms with Crippen LogP contribution in [0.25, 0.3) is 11.1 Å². The Balaban J connectivity index is 0.00000153. The highest BCUT2D eigenvalue weighted by Gasteiger charge is 2.39. The quantitative estimate of drug-likeness (QED) is 0.426. The number of rotatable bonds is 3. The van der Waals surface area contributed by atoms with Crippen LogP contribution < -0.4 is 9.47 Å². The van der Waals surface area contributed by atoms with Gasteiger partial charge in [0.25, 0.3) is 0 Å². The minimum absolute atomic E-state index is 0. The fraction of sp³-hybridized carbons (Fsp3) is 0.333. The molecule has 0 saturated carbocycles. The van der Waals surface area contributed by atoms with Crippen LogP contribution in [0.5, 0.6) is 11.5 Å². The van der Waals surface area contributed by atoms with Crippen molar-refractivity contribution < 1.29 is 9.47 Å². The fourth-order valence-corrected chi connectivity index (χ4v) is 4.79. The Morgan fingerprint density at radius 1 is 0.848 bits per heavy atom. The van der Waals surface area contributed by atoms with Crippen LogP contribution in [0.1, 0.15) is 49.9 Å². The van der Waals surface area contributed by atoms with Gasteiger partial charge in [-0.1, -0.05) is 24.3 Å². The van der Waals surface area contributed by atoms with Crippen LogP contribution in [-0.4, -0.2) is 28.9 Å². The van der Waals surface area contributed by atoms with Crippen molar-refractivity contribution in [1.82, 2.24) is 4.98 Å². The molecule has 3 heterocycles. The highest BCUT2D eigenvalue weighted by atomic mass is 35.5. The maximum Gasteiger partial charge on any atom is 0.166 e. The van der Waals surface area contributed by atoms with Crippen molar-refractivity contribution in [2.75, 3.05) is 7.11 Å². The topological polar surface area (TPSA) is 43.7 Å². The lowest BCUT2D eigenvalue weighted by Gasteiger charge is -2.31. The second-order valence-corrected chi connectivity index (χ2v) is 9.72. The summed E-state index contributed by atoms with van der Waals surface area (Å²) in [5, 5.41) is 0. The Hall–Kier alpha value is -2.56. The van der Waals surface area contributed by atoms with Crippen LogP contribution in [0.3, 0.4) is 0 Å². The van der Waals surface area contributed by atoms with E-state index in [0.717, 1.165) is 41.2 Å². The molecule has 0 fully saturated rings. The maximum absolute atomic E-state index is 6.31. The first-order valence-corrected chi connectivity index (χ1v) is 10.8. The molecular formula is C27H30Cl2N2O2. The number of fused-ring (bicyclic) bond motifs is 3. The molecule has 6 heteroatoms. The lowest BCUT2D eigenvalue weighted by atomic mass is 9.81. The molecule has 1 aromatic heterocycles. The zero-order valence-corrected chi connectivity index (χ0v) is 21.3. The largest absolute Gasteiger partial charge is 0.493 e. The number of methoxy groups -OCH3 is 1. The zero-order chi connectivity index (χ0) is 21.8. The SMILES string of the molecule is COc1cc2c(c3c1OC(C)(C)C3)C(c1ccc(-c3ccncc3)cc1)=NC(C)(C)C2.Cl.Cl. The van der Waals surface area contributed by atoms with E-state index in [9.17, 15) is 0 Å². The van der Waals surface area contributed by atoms with Crippen molar-refractivity contribution >= 4 is 30.5 Å².